The van der Waals surface area contributed by atoms with Gasteiger partial charge in [0.15, 0.2) is 0 Å². The molecule has 5 rings (SSSR count). The molecule has 1 aromatic carbocycles. The van der Waals surface area contributed by atoms with Gasteiger partial charge in [0.25, 0.3) is 0 Å². The fraction of sp³-hybridized carbons (Fsp3) is 0.103. The minimum absolute atomic E-state index is 0. The molecule has 0 saturated heterocycles. The van der Waals surface area contributed by atoms with Crippen LogP contribution in [0.2, 0.25) is 0 Å². The van der Waals surface area contributed by atoms with Crippen molar-refractivity contribution in [1.82, 2.24) is 19.9 Å². The summed E-state index contributed by atoms with van der Waals surface area (Å²) in [5.41, 5.74) is 3.79. The largest absolute Gasteiger partial charge is 2.00 e. The Bertz CT molecular complexity index is 1560. The van der Waals surface area contributed by atoms with Crippen LogP contribution in [0.15, 0.2) is 60.7 Å². The van der Waals surface area contributed by atoms with Crippen molar-refractivity contribution >= 4 is 17.3 Å². The van der Waals surface area contributed by atoms with Gasteiger partial charge in [0.1, 0.15) is 35.4 Å². The van der Waals surface area contributed by atoms with Gasteiger partial charge < -0.3 is 0 Å². The van der Waals surface area contributed by atoms with Crippen molar-refractivity contribution < 1.29 is 38.6 Å². The van der Waals surface area contributed by atoms with Gasteiger partial charge in [-0.2, -0.15) is 0 Å². The number of hydrogen-bond acceptors (Lipinski definition) is 5. The van der Waals surface area contributed by atoms with E-state index in [2.05, 4.69) is 32.1 Å². The molecule has 0 saturated carbocycles. The molecule has 4 heterocycles. The summed E-state index contributed by atoms with van der Waals surface area (Å²) in [5.74, 6) is -3.34. The first-order chi connectivity index (χ1) is 18.2. The van der Waals surface area contributed by atoms with Crippen LogP contribution in [0.25, 0.3) is 22.5 Å². The van der Waals surface area contributed by atoms with Gasteiger partial charge >= 0.3 is 21.1 Å². The normalized spacial score (nSPS) is 10.7. The number of halogens is 4. The maximum Gasteiger partial charge on any atom is 2.00 e. The molecule has 0 N–H and O–H groups in total. The summed E-state index contributed by atoms with van der Waals surface area (Å²) in [6, 6.07) is 20.8. The standard InChI is InChI=1S/C29H19F4N5.Pt/c1-16-14-17(2)27(18(3)15-16)38(25-8-4-6-21(34-25)19-10-12-23(30)36-28(19)32)26-9-5-7-22(35-26)20-11-13-24(31)37-29(20)33;/h4-9,12-15H,1-3H3;/q-2;+2. The number of benzene rings is 1. The number of aromatic nitrogens is 4. The van der Waals surface area contributed by atoms with Gasteiger partial charge in [-0.15, -0.1) is 12.1 Å². The molecule has 0 unspecified atom stereocenters. The second-order valence-corrected chi connectivity index (χ2v) is 8.62. The molecular weight excluding hydrogens is 689 g/mol. The topological polar surface area (TPSA) is 54.8 Å². The Labute approximate surface area is 236 Å². The van der Waals surface area contributed by atoms with E-state index in [1.54, 1.807) is 41.3 Å². The average molecular weight is 709 g/mol. The molecule has 0 aliphatic carbocycles. The number of nitrogens with zero attached hydrogens (tertiary/aromatic N) is 5. The summed E-state index contributed by atoms with van der Waals surface area (Å²) in [6.07, 6.45) is 0. The molecule has 198 valence electrons. The van der Waals surface area contributed by atoms with E-state index in [0.717, 1.165) is 34.5 Å². The SMILES string of the molecule is Cc1cc(C)c(N(c2cccc(-c3[c-]cc(F)nc3F)n2)c2cccc(-c3[c-]cc(F)nc3F)n2)c(C)c1.[Pt+2]. The molecule has 39 heavy (non-hydrogen) atoms. The molecule has 10 heteroatoms. The van der Waals surface area contributed by atoms with Crippen molar-refractivity contribution in [2.24, 2.45) is 0 Å². The molecule has 4 aromatic heterocycles. The van der Waals surface area contributed by atoms with Crippen molar-refractivity contribution in [2.45, 2.75) is 20.8 Å². The number of anilines is 3. The maximum absolute atomic E-state index is 14.5. The van der Waals surface area contributed by atoms with Crippen LogP contribution in [0.4, 0.5) is 34.9 Å². The van der Waals surface area contributed by atoms with Gasteiger partial charge in [-0.3, -0.25) is 24.8 Å². The Morgan fingerprint density at radius 3 is 1.49 bits per heavy atom. The zero-order valence-electron chi connectivity index (χ0n) is 20.8. The first-order valence-corrected chi connectivity index (χ1v) is 11.5. The molecule has 0 fully saturated rings. The van der Waals surface area contributed by atoms with E-state index in [4.69, 9.17) is 0 Å². The van der Waals surface area contributed by atoms with Gasteiger partial charge in [0.2, 0.25) is 0 Å². The van der Waals surface area contributed by atoms with Crippen LogP contribution in [-0.4, -0.2) is 19.9 Å². The smallest absolute Gasteiger partial charge is 0.291 e. The van der Waals surface area contributed by atoms with Crippen molar-refractivity contribution in [1.29, 1.82) is 0 Å². The van der Waals surface area contributed by atoms with E-state index in [0.29, 0.717) is 11.6 Å². The van der Waals surface area contributed by atoms with Gasteiger partial charge in [-0.1, -0.05) is 65.2 Å². The molecule has 0 spiro atoms. The Hall–Kier alpha value is -3.97. The summed E-state index contributed by atoms with van der Waals surface area (Å²) < 4.78 is 55.7. The molecule has 0 aliphatic heterocycles. The predicted octanol–water partition coefficient (Wildman–Crippen LogP) is 7.15. The van der Waals surface area contributed by atoms with E-state index in [9.17, 15) is 17.6 Å². The van der Waals surface area contributed by atoms with Gasteiger partial charge in [-0.25, -0.2) is 17.6 Å². The summed E-state index contributed by atoms with van der Waals surface area (Å²) in [5, 5.41) is 0. The van der Waals surface area contributed by atoms with Crippen LogP contribution < -0.4 is 4.90 Å². The predicted molar refractivity (Wildman–Crippen MR) is 135 cm³/mol. The molecule has 0 radical (unpaired) electrons. The number of aryl methyl sites for hydroxylation is 3. The van der Waals surface area contributed by atoms with E-state index in [1.165, 1.54) is 0 Å². The maximum atomic E-state index is 14.5. The van der Waals surface area contributed by atoms with Crippen molar-refractivity contribution in [2.75, 3.05) is 4.90 Å². The average Bonchev–Trinajstić information content (AvgIpc) is 2.86. The third kappa shape index (κ3) is 5.73. The van der Waals surface area contributed by atoms with Crippen LogP contribution in [0.3, 0.4) is 0 Å². The minimum Gasteiger partial charge on any atom is -0.291 e. The summed E-state index contributed by atoms with van der Waals surface area (Å²) in [6.45, 7) is 5.85. The quantitative estimate of drug-likeness (QED) is 0.110. The van der Waals surface area contributed by atoms with Crippen LogP contribution >= 0.6 is 0 Å². The van der Waals surface area contributed by atoms with E-state index < -0.39 is 23.8 Å². The number of hydrogen-bond donors (Lipinski definition) is 0. The van der Waals surface area contributed by atoms with E-state index >= 15 is 0 Å². The molecular formula is C29H19F4N5Pt. The molecule has 5 nitrogen and oxygen atoms in total. The van der Waals surface area contributed by atoms with Gasteiger partial charge in [0, 0.05) is 0 Å². The van der Waals surface area contributed by atoms with E-state index in [-0.39, 0.29) is 43.6 Å². The third-order valence-electron chi connectivity index (χ3n) is 5.79. The van der Waals surface area contributed by atoms with E-state index in [1.807, 2.05) is 32.9 Å². The Balaban J connectivity index is 0.00000353. The number of pyridine rings is 4. The summed E-state index contributed by atoms with van der Waals surface area (Å²) >= 11 is 0. The fourth-order valence-electron chi connectivity index (χ4n) is 4.35. The summed E-state index contributed by atoms with van der Waals surface area (Å²) in [4.78, 5) is 17.5. The second kappa shape index (κ2) is 11.4. The zero-order valence-corrected chi connectivity index (χ0v) is 23.1. The zero-order chi connectivity index (χ0) is 27.0. The van der Waals surface area contributed by atoms with Gasteiger partial charge in [-0.05, 0) is 55.4 Å². The van der Waals surface area contributed by atoms with Crippen LogP contribution in [0, 0.1) is 56.7 Å². The fourth-order valence-corrected chi connectivity index (χ4v) is 4.35. The first-order valence-electron chi connectivity index (χ1n) is 11.5. The van der Waals surface area contributed by atoms with Crippen LogP contribution in [0.1, 0.15) is 16.7 Å². The molecule has 5 aromatic rings. The van der Waals surface area contributed by atoms with Crippen molar-refractivity contribution in [3.63, 3.8) is 0 Å². The molecule has 0 aliphatic rings. The van der Waals surface area contributed by atoms with Crippen LogP contribution in [0.5, 0.6) is 0 Å². The third-order valence-corrected chi connectivity index (χ3v) is 5.79. The number of rotatable bonds is 5. The Kier molecular flexibility index (Phi) is 8.21. The van der Waals surface area contributed by atoms with Crippen molar-refractivity contribution in [3.05, 3.63) is 113 Å². The monoisotopic (exact) mass is 708 g/mol. The molecule has 0 atom stereocenters. The molecule has 0 amide bonds. The summed E-state index contributed by atoms with van der Waals surface area (Å²) in [7, 11) is 0. The Morgan fingerprint density at radius 1 is 0.641 bits per heavy atom. The minimum atomic E-state index is -1.04. The Morgan fingerprint density at radius 2 is 1.08 bits per heavy atom. The van der Waals surface area contributed by atoms with Crippen molar-refractivity contribution in [3.8, 4) is 22.5 Å². The van der Waals surface area contributed by atoms with Gasteiger partial charge in [0.05, 0.1) is 5.69 Å². The molecule has 0 bridgehead atoms. The second-order valence-electron chi connectivity index (χ2n) is 8.62. The first kappa shape index (κ1) is 28.0. The van der Waals surface area contributed by atoms with Crippen LogP contribution in [-0.2, 0) is 21.1 Å².